The topological polar surface area (TPSA) is 38.8 Å². The predicted molar refractivity (Wildman–Crippen MR) is 84.1 cm³/mol. The van der Waals surface area contributed by atoms with Crippen LogP contribution < -0.4 is 0 Å². The normalized spacial score (nSPS) is 17.7. The second-order valence-electron chi connectivity index (χ2n) is 5.29. The Balaban J connectivity index is 2.30. The molecule has 116 valence electrons. The molecule has 4 nitrogen and oxygen atoms in total. The maximum atomic E-state index is 11.9. The van der Waals surface area contributed by atoms with Crippen LogP contribution in [0.2, 0.25) is 0 Å². The first kappa shape index (κ1) is 17.5. The molecule has 0 aromatic carbocycles. The van der Waals surface area contributed by atoms with Gasteiger partial charge in [0.1, 0.15) is 0 Å². The third-order valence-corrected chi connectivity index (χ3v) is 3.80. The van der Waals surface area contributed by atoms with E-state index in [-0.39, 0.29) is 11.9 Å². The molecule has 0 N–H and O–H groups in total. The molecule has 1 atom stereocenters. The molecule has 1 fully saturated rings. The summed E-state index contributed by atoms with van der Waals surface area (Å²) >= 11 is 5.11. The van der Waals surface area contributed by atoms with Crippen molar-refractivity contribution in [2.45, 2.75) is 39.5 Å². The minimum absolute atomic E-state index is 0.00566. The lowest BCUT2D eigenvalue weighted by atomic mass is 9.96. The highest BCUT2D eigenvalue weighted by atomic mass is 32.1. The number of morpholine rings is 1. The van der Waals surface area contributed by atoms with E-state index in [1.54, 1.807) is 0 Å². The van der Waals surface area contributed by atoms with Gasteiger partial charge in [0.25, 0.3) is 0 Å². The van der Waals surface area contributed by atoms with Crippen LogP contribution in [-0.2, 0) is 14.3 Å². The van der Waals surface area contributed by atoms with Crippen LogP contribution in [0.25, 0.3) is 0 Å². The van der Waals surface area contributed by atoms with Gasteiger partial charge in [-0.2, -0.15) is 0 Å². The van der Waals surface area contributed by atoms with Gasteiger partial charge in [-0.25, -0.2) is 0 Å². The highest BCUT2D eigenvalue weighted by molar-refractivity contribution is 7.80. The molecule has 0 amide bonds. The van der Waals surface area contributed by atoms with Gasteiger partial charge in [-0.1, -0.05) is 12.2 Å². The van der Waals surface area contributed by atoms with E-state index in [4.69, 9.17) is 21.7 Å². The molecule has 0 aromatic heterocycles. The highest BCUT2D eigenvalue weighted by Crippen LogP contribution is 2.17. The Morgan fingerprint density at radius 2 is 2.05 bits per heavy atom. The number of ether oxygens (including phenoxy) is 2. The molecule has 1 heterocycles. The fourth-order valence-electron chi connectivity index (χ4n) is 2.40. The summed E-state index contributed by atoms with van der Waals surface area (Å²) in [6, 6.07) is 0. The monoisotopic (exact) mass is 301 g/mol. The van der Waals surface area contributed by atoms with Gasteiger partial charge in [-0.3, -0.25) is 9.69 Å². The van der Waals surface area contributed by atoms with Crippen LogP contribution >= 0.6 is 12.2 Å². The van der Waals surface area contributed by atoms with E-state index < -0.39 is 0 Å². The van der Waals surface area contributed by atoms with E-state index in [2.05, 4.69) is 4.90 Å². The number of carbonyl (C=O) groups excluding carboxylic acids is 1. The van der Waals surface area contributed by atoms with Crippen LogP contribution in [-0.4, -0.2) is 55.2 Å². The lowest BCUT2D eigenvalue weighted by molar-refractivity contribution is -0.148. The SMILES string of the molecule is CCOC(=O)C(CCCN1CCOCC1)CCC(C)=S. The Morgan fingerprint density at radius 1 is 1.35 bits per heavy atom. The Hall–Kier alpha value is -0.520. The molecule has 1 aliphatic rings. The Bertz CT molecular complexity index is 303. The zero-order valence-corrected chi connectivity index (χ0v) is 13.5. The lowest BCUT2D eigenvalue weighted by Crippen LogP contribution is -2.37. The van der Waals surface area contributed by atoms with Crippen molar-refractivity contribution in [2.24, 2.45) is 5.92 Å². The number of hydrogen-bond donors (Lipinski definition) is 0. The van der Waals surface area contributed by atoms with Crippen molar-refractivity contribution in [3.8, 4) is 0 Å². The van der Waals surface area contributed by atoms with Gasteiger partial charge in [0, 0.05) is 13.1 Å². The van der Waals surface area contributed by atoms with Crippen molar-refractivity contribution in [2.75, 3.05) is 39.5 Å². The Morgan fingerprint density at radius 3 is 2.65 bits per heavy atom. The van der Waals surface area contributed by atoms with Crippen LogP contribution in [0.4, 0.5) is 0 Å². The van der Waals surface area contributed by atoms with E-state index >= 15 is 0 Å². The van der Waals surface area contributed by atoms with Gasteiger partial charge < -0.3 is 9.47 Å². The van der Waals surface area contributed by atoms with Crippen LogP contribution in [0.1, 0.15) is 39.5 Å². The molecule has 1 rings (SSSR count). The number of thiocarbonyl (C=S) groups is 1. The highest BCUT2D eigenvalue weighted by Gasteiger charge is 2.20. The van der Waals surface area contributed by atoms with Crippen LogP contribution in [0.15, 0.2) is 0 Å². The first-order chi connectivity index (χ1) is 9.63. The fraction of sp³-hybridized carbons (Fsp3) is 0.867. The largest absolute Gasteiger partial charge is 0.466 e. The quantitative estimate of drug-likeness (QED) is 0.483. The summed E-state index contributed by atoms with van der Waals surface area (Å²) in [5, 5.41) is 0. The van der Waals surface area contributed by atoms with Crippen molar-refractivity contribution in [1.82, 2.24) is 4.90 Å². The van der Waals surface area contributed by atoms with Crippen molar-refractivity contribution >= 4 is 23.1 Å². The Kier molecular flexibility index (Phi) is 8.98. The molecule has 1 unspecified atom stereocenters. The molecular weight excluding hydrogens is 274 g/mol. The lowest BCUT2D eigenvalue weighted by Gasteiger charge is -2.27. The smallest absolute Gasteiger partial charge is 0.308 e. The van der Waals surface area contributed by atoms with Crippen molar-refractivity contribution < 1.29 is 14.3 Å². The third-order valence-electron chi connectivity index (χ3n) is 3.60. The zero-order chi connectivity index (χ0) is 14.8. The molecule has 1 saturated heterocycles. The molecule has 20 heavy (non-hydrogen) atoms. The minimum Gasteiger partial charge on any atom is -0.466 e. The standard InChI is InChI=1S/C15H27NO3S/c1-3-19-15(17)14(7-6-13(2)20)5-4-8-16-9-11-18-12-10-16/h14H,3-12H2,1-2H3. The second kappa shape index (κ2) is 10.2. The van der Waals surface area contributed by atoms with E-state index in [0.717, 1.165) is 63.4 Å². The van der Waals surface area contributed by atoms with Crippen molar-refractivity contribution in [3.63, 3.8) is 0 Å². The van der Waals surface area contributed by atoms with Gasteiger partial charge in [0.2, 0.25) is 0 Å². The first-order valence-electron chi connectivity index (χ1n) is 7.59. The molecule has 0 aromatic rings. The molecule has 0 bridgehead atoms. The summed E-state index contributed by atoms with van der Waals surface area (Å²) in [5.41, 5.74) is 0. The summed E-state index contributed by atoms with van der Waals surface area (Å²) in [6.45, 7) is 8.94. The van der Waals surface area contributed by atoms with E-state index in [0.29, 0.717) is 6.61 Å². The molecule has 1 aliphatic heterocycles. The minimum atomic E-state index is -0.0641. The number of hydrogen-bond acceptors (Lipinski definition) is 5. The van der Waals surface area contributed by atoms with Crippen LogP contribution in [0.5, 0.6) is 0 Å². The first-order valence-corrected chi connectivity index (χ1v) is 8.00. The summed E-state index contributed by atoms with van der Waals surface area (Å²) in [6.07, 6.45) is 3.56. The average Bonchev–Trinajstić information content (AvgIpc) is 2.43. The fourth-order valence-corrected chi connectivity index (χ4v) is 2.52. The molecular formula is C15H27NO3S. The van der Waals surface area contributed by atoms with Crippen LogP contribution in [0, 0.1) is 5.92 Å². The summed E-state index contributed by atoms with van der Waals surface area (Å²) < 4.78 is 10.5. The van der Waals surface area contributed by atoms with E-state index in [9.17, 15) is 4.79 Å². The molecule has 0 radical (unpaired) electrons. The molecule has 5 heteroatoms. The molecule has 0 saturated carbocycles. The number of esters is 1. The van der Waals surface area contributed by atoms with Gasteiger partial charge in [-0.05, 0) is 50.9 Å². The molecule has 0 spiro atoms. The van der Waals surface area contributed by atoms with Crippen LogP contribution in [0.3, 0.4) is 0 Å². The zero-order valence-electron chi connectivity index (χ0n) is 12.7. The summed E-state index contributed by atoms with van der Waals surface area (Å²) in [4.78, 5) is 15.3. The number of rotatable bonds is 9. The maximum Gasteiger partial charge on any atom is 0.308 e. The molecule has 0 aliphatic carbocycles. The average molecular weight is 301 g/mol. The van der Waals surface area contributed by atoms with Gasteiger partial charge in [0.15, 0.2) is 0 Å². The maximum absolute atomic E-state index is 11.9. The van der Waals surface area contributed by atoms with Crippen molar-refractivity contribution in [1.29, 1.82) is 0 Å². The van der Waals surface area contributed by atoms with E-state index in [1.807, 2.05) is 13.8 Å². The van der Waals surface area contributed by atoms with Gasteiger partial charge in [0.05, 0.1) is 25.7 Å². The summed E-state index contributed by atoms with van der Waals surface area (Å²) in [7, 11) is 0. The van der Waals surface area contributed by atoms with Gasteiger partial charge in [-0.15, -0.1) is 0 Å². The van der Waals surface area contributed by atoms with Gasteiger partial charge >= 0.3 is 5.97 Å². The predicted octanol–water partition coefficient (Wildman–Crippen LogP) is 2.45. The van der Waals surface area contributed by atoms with E-state index in [1.165, 1.54) is 0 Å². The number of nitrogens with zero attached hydrogens (tertiary/aromatic N) is 1. The summed E-state index contributed by atoms with van der Waals surface area (Å²) in [5.74, 6) is -0.0698. The van der Waals surface area contributed by atoms with Crippen molar-refractivity contribution in [3.05, 3.63) is 0 Å². The Labute approximate surface area is 127 Å². The number of carbonyl (C=O) groups is 1. The second-order valence-corrected chi connectivity index (χ2v) is 5.98. The third kappa shape index (κ3) is 7.31.